The van der Waals surface area contributed by atoms with Gasteiger partial charge in [-0.1, -0.05) is 20.9 Å². The summed E-state index contributed by atoms with van der Waals surface area (Å²) in [6, 6.07) is 0. The largest absolute Gasteiger partial charge is 0.380 e. The second kappa shape index (κ2) is 3.50. The monoisotopic (exact) mass is 158 g/mol. The Morgan fingerprint density at radius 2 is 2.30 bits per heavy atom. The van der Waals surface area contributed by atoms with Crippen LogP contribution in [0, 0.1) is 0 Å². The smallest absolute Gasteiger partial charge is 0.0568 e. The molecule has 0 spiro atoms. The molecule has 1 fully saturated rings. The summed E-state index contributed by atoms with van der Waals surface area (Å²) in [6.45, 7) is 10.3. The van der Waals surface area contributed by atoms with Crippen molar-refractivity contribution in [2.75, 3.05) is 19.9 Å². The molecule has 10 heavy (non-hydrogen) atoms. The molecule has 0 aromatic rings. The molecule has 0 aliphatic carbocycles. The third-order valence-corrected chi connectivity index (χ3v) is 5.08. The highest BCUT2D eigenvalue weighted by Gasteiger charge is 2.24. The predicted octanol–water partition coefficient (Wildman–Crippen LogP) is 2.07. The molecule has 1 heterocycles. The van der Waals surface area contributed by atoms with E-state index in [1.165, 1.54) is 0 Å². The summed E-state index contributed by atoms with van der Waals surface area (Å²) in [5.74, 6) is 0. The summed E-state index contributed by atoms with van der Waals surface area (Å²) in [7, 11) is 0.141. The van der Waals surface area contributed by atoms with Crippen molar-refractivity contribution in [3.05, 3.63) is 12.7 Å². The second-order valence-corrected chi connectivity index (χ2v) is 5.73. The minimum Gasteiger partial charge on any atom is -0.380 e. The van der Waals surface area contributed by atoms with Crippen LogP contribution in [0.25, 0.3) is 0 Å². The van der Waals surface area contributed by atoms with Gasteiger partial charge in [-0.2, -0.15) is 0 Å². The van der Waals surface area contributed by atoms with Crippen LogP contribution >= 0.6 is 7.92 Å². The summed E-state index contributed by atoms with van der Waals surface area (Å²) in [6.07, 6.45) is 2.04. The van der Waals surface area contributed by atoms with Crippen molar-refractivity contribution < 1.29 is 4.74 Å². The van der Waals surface area contributed by atoms with Crippen LogP contribution in [0.3, 0.4) is 0 Å². The quantitative estimate of drug-likeness (QED) is 0.419. The Hall–Kier alpha value is 0.130. The first kappa shape index (κ1) is 8.23. The maximum atomic E-state index is 5.40. The van der Waals surface area contributed by atoms with Crippen molar-refractivity contribution in [2.24, 2.45) is 0 Å². The molecule has 0 aromatic carbocycles. The van der Waals surface area contributed by atoms with Crippen LogP contribution < -0.4 is 0 Å². The van der Waals surface area contributed by atoms with E-state index in [1.807, 2.05) is 6.08 Å². The molecular formula is C8H15OP. The Labute approximate surface area is 64.2 Å². The molecule has 58 valence electrons. The van der Waals surface area contributed by atoms with Crippen LogP contribution in [0.4, 0.5) is 0 Å². The Bertz CT molecular complexity index is 124. The van der Waals surface area contributed by atoms with Gasteiger partial charge in [-0.15, -0.1) is 6.58 Å². The fraction of sp³-hybridized carbons (Fsp3) is 0.750. The zero-order valence-electron chi connectivity index (χ0n) is 6.71. The van der Waals surface area contributed by atoms with E-state index < -0.39 is 0 Å². The van der Waals surface area contributed by atoms with Gasteiger partial charge in [-0.3, -0.25) is 0 Å². The zero-order chi connectivity index (χ0) is 7.56. The molecule has 3 atom stereocenters. The van der Waals surface area contributed by atoms with Gasteiger partial charge in [0.25, 0.3) is 0 Å². The first-order valence-electron chi connectivity index (χ1n) is 3.68. The summed E-state index contributed by atoms with van der Waals surface area (Å²) in [5, 5.41) is 0. The maximum Gasteiger partial charge on any atom is 0.0568 e. The molecule has 1 rings (SSSR count). The van der Waals surface area contributed by atoms with Crippen molar-refractivity contribution in [1.29, 1.82) is 0 Å². The highest BCUT2D eigenvalue weighted by molar-refractivity contribution is 7.58. The lowest BCUT2D eigenvalue weighted by Gasteiger charge is -2.32. The number of rotatable bonds is 1. The Morgan fingerprint density at radius 3 is 2.80 bits per heavy atom. The maximum absolute atomic E-state index is 5.40. The van der Waals surface area contributed by atoms with E-state index in [9.17, 15) is 0 Å². The Kier molecular flexibility index (Phi) is 2.88. The molecule has 1 nitrogen and oxygen atoms in total. The average Bonchev–Trinajstić information content (AvgIpc) is 1.95. The lowest BCUT2D eigenvalue weighted by atomic mass is 10.4. The molecule has 2 heteroatoms. The Morgan fingerprint density at radius 1 is 1.60 bits per heavy atom. The van der Waals surface area contributed by atoms with Crippen molar-refractivity contribution in [3.8, 4) is 0 Å². The van der Waals surface area contributed by atoms with Crippen molar-refractivity contribution in [2.45, 2.75) is 18.2 Å². The molecule has 0 saturated carbocycles. The van der Waals surface area contributed by atoms with Crippen LogP contribution in [0.1, 0.15) is 6.92 Å². The summed E-state index contributed by atoms with van der Waals surface area (Å²) >= 11 is 0. The van der Waals surface area contributed by atoms with Crippen LogP contribution in [0.2, 0.25) is 0 Å². The average molecular weight is 158 g/mol. The fourth-order valence-electron chi connectivity index (χ4n) is 1.16. The van der Waals surface area contributed by atoms with Crippen LogP contribution in [-0.2, 0) is 4.74 Å². The number of hydrogen-bond donors (Lipinski definition) is 0. The third kappa shape index (κ3) is 1.59. The van der Waals surface area contributed by atoms with Gasteiger partial charge >= 0.3 is 0 Å². The zero-order valence-corrected chi connectivity index (χ0v) is 7.60. The van der Waals surface area contributed by atoms with Crippen molar-refractivity contribution >= 4 is 7.92 Å². The summed E-state index contributed by atoms with van der Waals surface area (Å²) in [4.78, 5) is 0. The Balaban J connectivity index is 2.50. The highest BCUT2D eigenvalue weighted by atomic mass is 31.1. The molecule has 1 aliphatic heterocycles. The second-order valence-electron chi connectivity index (χ2n) is 2.85. The van der Waals surface area contributed by atoms with Gasteiger partial charge < -0.3 is 4.74 Å². The van der Waals surface area contributed by atoms with E-state index in [1.54, 1.807) is 0 Å². The van der Waals surface area contributed by atoms with Gasteiger partial charge in [-0.05, 0) is 6.66 Å². The van der Waals surface area contributed by atoms with Gasteiger partial charge in [-0.25, -0.2) is 0 Å². The lowest BCUT2D eigenvalue weighted by molar-refractivity contribution is 0.133. The van der Waals surface area contributed by atoms with Gasteiger partial charge in [0.15, 0.2) is 0 Å². The number of ether oxygens (including phenoxy) is 1. The van der Waals surface area contributed by atoms with Crippen molar-refractivity contribution in [1.82, 2.24) is 0 Å². The molecule has 0 aromatic heterocycles. The van der Waals surface area contributed by atoms with Crippen LogP contribution in [0.5, 0.6) is 0 Å². The topological polar surface area (TPSA) is 9.23 Å². The predicted molar refractivity (Wildman–Crippen MR) is 47.1 cm³/mol. The van der Waals surface area contributed by atoms with E-state index in [-0.39, 0.29) is 7.92 Å². The molecule has 0 bridgehead atoms. The molecule has 1 saturated heterocycles. The van der Waals surface area contributed by atoms with E-state index in [0.717, 1.165) is 18.9 Å². The van der Waals surface area contributed by atoms with Gasteiger partial charge in [0.1, 0.15) is 0 Å². The third-order valence-electron chi connectivity index (χ3n) is 2.14. The highest BCUT2D eigenvalue weighted by Crippen LogP contribution is 2.45. The minimum absolute atomic E-state index is 0.141. The van der Waals surface area contributed by atoms with E-state index in [4.69, 9.17) is 4.74 Å². The van der Waals surface area contributed by atoms with Gasteiger partial charge in [0.05, 0.1) is 13.2 Å². The van der Waals surface area contributed by atoms with Crippen molar-refractivity contribution in [3.63, 3.8) is 0 Å². The van der Waals surface area contributed by atoms with Gasteiger partial charge in [0, 0.05) is 11.3 Å². The van der Waals surface area contributed by atoms with Crippen LogP contribution in [0.15, 0.2) is 12.7 Å². The normalized spacial score (nSPS) is 41.2. The number of hydrogen-bond acceptors (Lipinski definition) is 1. The minimum atomic E-state index is 0.141. The van der Waals surface area contributed by atoms with Gasteiger partial charge in [0.2, 0.25) is 0 Å². The molecule has 0 N–H and O–H groups in total. The molecule has 1 aliphatic rings. The molecule has 0 radical (unpaired) electrons. The molecule has 2 unspecified atom stereocenters. The first-order valence-corrected chi connectivity index (χ1v) is 5.60. The standard InChI is InChI=1S/C8H15OP/c1-4-8-6-9-5-7(2)10(8)3/h4,7-8H,1,5-6H2,2-3H3/t7-,8?,10?/m0/s1. The van der Waals surface area contributed by atoms with E-state index in [2.05, 4.69) is 20.2 Å². The van der Waals surface area contributed by atoms with E-state index in [0.29, 0.717) is 5.66 Å². The fourth-order valence-corrected chi connectivity index (χ4v) is 2.82. The first-order chi connectivity index (χ1) is 4.75. The molecule has 0 amide bonds. The summed E-state index contributed by atoms with van der Waals surface area (Å²) in [5.41, 5.74) is 1.39. The molecular weight excluding hydrogens is 143 g/mol. The van der Waals surface area contributed by atoms with Crippen LogP contribution in [-0.4, -0.2) is 31.2 Å². The van der Waals surface area contributed by atoms with E-state index >= 15 is 0 Å². The SMILES string of the molecule is C=CC1COC[C@H](C)P1C. The summed E-state index contributed by atoms with van der Waals surface area (Å²) < 4.78 is 5.40. The lowest BCUT2D eigenvalue weighted by Crippen LogP contribution is -2.26.